The Bertz CT molecular complexity index is 320. The van der Waals surface area contributed by atoms with Gasteiger partial charge in [-0.05, 0) is 51.4 Å². The highest BCUT2D eigenvalue weighted by Crippen LogP contribution is 2.46. The summed E-state index contributed by atoms with van der Waals surface area (Å²) in [5.41, 5.74) is 0.0816. The summed E-state index contributed by atoms with van der Waals surface area (Å²) in [5.74, 6) is 0.601. The number of hydrogen-bond acceptors (Lipinski definition) is 3. The van der Waals surface area contributed by atoms with Crippen molar-refractivity contribution in [2.45, 2.75) is 70.8 Å². The molecule has 2 aliphatic carbocycles. The Kier molecular flexibility index (Phi) is 4.67. The molecular formula is C16H26O3. The Morgan fingerprint density at radius 2 is 1.47 bits per heavy atom. The Morgan fingerprint density at radius 3 is 1.84 bits per heavy atom. The second-order valence-electron chi connectivity index (χ2n) is 6.38. The first kappa shape index (κ1) is 14.6. The van der Waals surface area contributed by atoms with Gasteiger partial charge in [0.05, 0.1) is 0 Å². The SMILES string of the molecule is C=C(C)C(=O)OOC(C)(C1CCCC1)C1CCCC1. The van der Waals surface area contributed by atoms with Crippen LogP contribution in [0.25, 0.3) is 0 Å². The average Bonchev–Trinajstić information content (AvgIpc) is 3.06. The van der Waals surface area contributed by atoms with E-state index in [2.05, 4.69) is 13.5 Å². The minimum Gasteiger partial charge on any atom is -0.293 e. The molecule has 108 valence electrons. The van der Waals surface area contributed by atoms with Crippen LogP contribution in [0.3, 0.4) is 0 Å². The van der Waals surface area contributed by atoms with E-state index in [1.54, 1.807) is 6.92 Å². The third-order valence-corrected chi connectivity index (χ3v) is 4.98. The third-order valence-electron chi connectivity index (χ3n) is 4.98. The first-order valence-corrected chi connectivity index (χ1v) is 7.59. The molecule has 0 saturated heterocycles. The predicted octanol–water partition coefficient (Wildman–Crippen LogP) is 4.18. The second kappa shape index (κ2) is 6.08. The van der Waals surface area contributed by atoms with Gasteiger partial charge in [-0.15, -0.1) is 0 Å². The van der Waals surface area contributed by atoms with E-state index >= 15 is 0 Å². The summed E-state index contributed by atoms with van der Waals surface area (Å²) >= 11 is 0. The van der Waals surface area contributed by atoms with Gasteiger partial charge in [-0.3, -0.25) is 4.89 Å². The van der Waals surface area contributed by atoms with E-state index < -0.39 is 5.97 Å². The summed E-state index contributed by atoms with van der Waals surface area (Å²) in [7, 11) is 0. The fourth-order valence-corrected chi connectivity index (χ4v) is 3.67. The lowest BCUT2D eigenvalue weighted by Crippen LogP contribution is -2.43. The van der Waals surface area contributed by atoms with Crippen molar-refractivity contribution in [1.82, 2.24) is 0 Å². The third kappa shape index (κ3) is 3.19. The zero-order valence-electron chi connectivity index (χ0n) is 12.2. The Labute approximate surface area is 116 Å². The lowest BCUT2D eigenvalue weighted by molar-refractivity contribution is -0.350. The largest absolute Gasteiger partial charge is 0.368 e. The van der Waals surface area contributed by atoms with Gasteiger partial charge < -0.3 is 0 Å². The summed E-state index contributed by atoms with van der Waals surface area (Å²) in [4.78, 5) is 22.3. The monoisotopic (exact) mass is 266 g/mol. The summed E-state index contributed by atoms with van der Waals surface area (Å²) < 4.78 is 0. The lowest BCUT2D eigenvalue weighted by Gasteiger charge is -2.38. The maximum atomic E-state index is 11.6. The van der Waals surface area contributed by atoms with Crippen molar-refractivity contribution in [2.75, 3.05) is 0 Å². The van der Waals surface area contributed by atoms with Crippen LogP contribution in [0.15, 0.2) is 12.2 Å². The van der Waals surface area contributed by atoms with Crippen LogP contribution in [-0.4, -0.2) is 11.6 Å². The van der Waals surface area contributed by atoms with Crippen LogP contribution in [0.2, 0.25) is 0 Å². The predicted molar refractivity (Wildman–Crippen MR) is 74.3 cm³/mol. The van der Waals surface area contributed by atoms with Crippen molar-refractivity contribution < 1.29 is 14.6 Å². The topological polar surface area (TPSA) is 35.5 Å². The van der Waals surface area contributed by atoms with Crippen molar-refractivity contribution in [3.05, 3.63) is 12.2 Å². The zero-order chi connectivity index (χ0) is 13.9. The molecule has 0 N–H and O–H groups in total. The van der Waals surface area contributed by atoms with Gasteiger partial charge in [0.1, 0.15) is 5.60 Å². The van der Waals surface area contributed by atoms with Crippen molar-refractivity contribution in [3.63, 3.8) is 0 Å². The van der Waals surface area contributed by atoms with E-state index in [1.165, 1.54) is 51.4 Å². The van der Waals surface area contributed by atoms with Gasteiger partial charge in [-0.2, -0.15) is 4.89 Å². The quantitative estimate of drug-likeness (QED) is 0.425. The number of rotatable bonds is 5. The Morgan fingerprint density at radius 1 is 1.05 bits per heavy atom. The molecular weight excluding hydrogens is 240 g/mol. The molecule has 19 heavy (non-hydrogen) atoms. The highest BCUT2D eigenvalue weighted by Gasteiger charge is 2.46. The molecule has 0 aromatic rings. The minimum atomic E-state index is -0.442. The molecule has 2 aliphatic rings. The number of hydrogen-bond donors (Lipinski definition) is 0. The summed E-state index contributed by atoms with van der Waals surface area (Å²) in [5, 5.41) is 0. The molecule has 2 rings (SSSR count). The van der Waals surface area contributed by atoms with Crippen LogP contribution in [0.1, 0.15) is 65.2 Å². The van der Waals surface area contributed by atoms with Gasteiger partial charge in [0.15, 0.2) is 0 Å². The van der Waals surface area contributed by atoms with Crippen molar-refractivity contribution in [2.24, 2.45) is 11.8 Å². The number of carbonyl (C=O) groups is 1. The normalized spacial score (nSPS) is 21.8. The Balaban J connectivity index is 2.04. The second-order valence-corrected chi connectivity index (χ2v) is 6.38. The van der Waals surface area contributed by atoms with Crippen LogP contribution >= 0.6 is 0 Å². The van der Waals surface area contributed by atoms with Crippen molar-refractivity contribution in [1.29, 1.82) is 0 Å². The van der Waals surface area contributed by atoms with E-state index in [4.69, 9.17) is 9.78 Å². The standard InChI is InChI=1S/C16H26O3/c1-12(2)15(17)18-19-16(3,13-8-4-5-9-13)14-10-6-7-11-14/h13-14H,1,4-11H2,2-3H3. The van der Waals surface area contributed by atoms with Crippen LogP contribution in [0, 0.1) is 11.8 Å². The van der Waals surface area contributed by atoms with E-state index in [1.807, 2.05) is 0 Å². The fourth-order valence-electron chi connectivity index (χ4n) is 3.67. The molecule has 0 heterocycles. The molecule has 0 amide bonds. The van der Waals surface area contributed by atoms with Crippen molar-refractivity contribution >= 4 is 5.97 Å². The summed E-state index contributed by atoms with van der Waals surface area (Å²) in [6.45, 7) is 7.39. The van der Waals surface area contributed by atoms with Gasteiger partial charge in [-0.25, -0.2) is 4.79 Å². The molecule has 2 fully saturated rings. The van der Waals surface area contributed by atoms with Crippen molar-refractivity contribution in [3.8, 4) is 0 Å². The first-order valence-electron chi connectivity index (χ1n) is 7.59. The highest BCUT2D eigenvalue weighted by atomic mass is 17.2. The van der Waals surface area contributed by atoms with Gasteiger partial charge in [0.25, 0.3) is 0 Å². The lowest BCUT2D eigenvalue weighted by atomic mass is 9.76. The van der Waals surface area contributed by atoms with Crippen LogP contribution < -0.4 is 0 Å². The molecule has 0 aromatic carbocycles. The average molecular weight is 266 g/mol. The molecule has 0 aliphatic heterocycles. The number of carbonyl (C=O) groups excluding carboxylic acids is 1. The molecule has 0 spiro atoms. The molecule has 0 unspecified atom stereocenters. The molecule has 3 nitrogen and oxygen atoms in total. The first-order chi connectivity index (χ1) is 9.04. The van der Waals surface area contributed by atoms with E-state index in [0.717, 1.165) is 0 Å². The minimum absolute atomic E-state index is 0.307. The van der Waals surface area contributed by atoms with E-state index in [9.17, 15) is 4.79 Å². The van der Waals surface area contributed by atoms with E-state index in [0.29, 0.717) is 17.4 Å². The van der Waals surface area contributed by atoms with E-state index in [-0.39, 0.29) is 5.60 Å². The zero-order valence-corrected chi connectivity index (χ0v) is 12.2. The van der Waals surface area contributed by atoms with Crippen LogP contribution in [-0.2, 0) is 14.6 Å². The van der Waals surface area contributed by atoms with Crippen LogP contribution in [0.4, 0.5) is 0 Å². The van der Waals surface area contributed by atoms with Gasteiger partial charge >= 0.3 is 5.97 Å². The van der Waals surface area contributed by atoms with Gasteiger partial charge in [-0.1, -0.05) is 32.3 Å². The van der Waals surface area contributed by atoms with Crippen LogP contribution in [0.5, 0.6) is 0 Å². The maximum absolute atomic E-state index is 11.6. The summed E-state index contributed by atoms with van der Waals surface area (Å²) in [6, 6.07) is 0. The highest BCUT2D eigenvalue weighted by molar-refractivity contribution is 5.86. The molecule has 3 heteroatoms. The fraction of sp³-hybridized carbons (Fsp3) is 0.812. The summed E-state index contributed by atoms with van der Waals surface area (Å²) in [6.07, 6.45) is 9.84. The molecule has 0 radical (unpaired) electrons. The van der Waals surface area contributed by atoms with Gasteiger partial charge in [0.2, 0.25) is 0 Å². The molecule has 0 bridgehead atoms. The molecule has 2 saturated carbocycles. The molecule has 0 aromatic heterocycles. The Hall–Kier alpha value is -0.830. The smallest absolute Gasteiger partial charge is 0.293 e. The van der Waals surface area contributed by atoms with Gasteiger partial charge in [0, 0.05) is 5.57 Å². The maximum Gasteiger partial charge on any atom is 0.368 e. The molecule has 0 atom stereocenters.